The number of carboxylic acid groups (broad SMARTS) is 2. The van der Waals surface area contributed by atoms with Crippen molar-refractivity contribution in [2.75, 3.05) is 52.9 Å². The highest BCUT2D eigenvalue weighted by Gasteiger charge is 2.44. The van der Waals surface area contributed by atoms with E-state index in [1.807, 2.05) is 0 Å². The third kappa shape index (κ3) is 6.36. The molecular formula is C24H22O16. The lowest BCUT2D eigenvalue weighted by molar-refractivity contribution is 0.0389. The number of hydrogen-bond acceptors (Lipinski definition) is 14. The van der Waals surface area contributed by atoms with Gasteiger partial charge in [-0.05, 0) is 0 Å². The van der Waals surface area contributed by atoms with Crippen LogP contribution in [0.1, 0.15) is 62.1 Å². The number of epoxide rings is 4. The Morgan fingerprint density at radius 3 is 0.850 bits per heavy atom. The summed E-state index contributed by atoms with van der Waals surface area (Å²) in [5.74, 6) is -9.85. The zero-order valence-corrected chi connectivity index (χ0v) is 20.6. The predicted octanol–water partition coefficient (Wildman–Crippen LogP) is -0.695. The Balaban J connectivity index is 1.71. The smallest absolute Gasteiger partial charge is 0.340 e. The van der Waals surface area contributed by atoms with E-state index in [1.165, 1.54) is 0 Å². The first-order chi connectivity index (χ1) is 19.2. The molecule has 214 valence electrons. The number of hydrogen-bond donors (Lipinski definition) is 2. The van der Waals surface area contributed by atoms with Crippen LogP contribution in [0.2, 0.25) is 0 Å². The minimum Gasteiger partial charge on any atom is -0.478 e. The standard InChI is InChI=1S/C24H22O16/c25-19(26)13-14(20(27)28)16(22(30)38-6-10-2-34-10)18(24(32)40-8-12-4-36-12)17(23(31)39-7-11-3-35-11)15(13)21(29)37-5-9-1-33-9/h9-12H,1-8H2,(H,25,26)(H,27,28). The summed E-state index contributed by atoms with van der Waals surface area (Å²) in [6.07, 6.45) is -1.98. The predicted molar refractivity (Wildman–Crippen MR) is 120 cm³/mol. The number of benzene rings is 1. The van der Waals surface area contributed by atoms with Crippen LogP contribution >= 0.6 is 0 Å². The number of ether oxygens (including phenoxy) is 8. The van der Waals surface area contributed by atoms with Crippen molar-refractivity contribution in [1.82, 2.24) is 0 Å². The number of carbonyl (C=O) groups is 6. The van der Waals surface area contributed by atoms with E-state index in [0.29, 0.717) is 0 Å². The summed E-state index contributed by atoms with van der Waals surface area (Å²) >= 11 is 0. The molecule has 0 spiro atoms. The van der Waals surface area contributed by atoms with Crippen LogP contribution < -0.4 is 0 Å². The van der Waals surface area contributed by atoms with Crippen molar-refractivity contribution in [3.63, 3.8) is 0 Å². The maximum atomic E-state index is 13.4. The lowest BCUT2D eigenvalue weighted by Gasteiger charge is -2.20. The highest BCUT2D eigenvalue weighted by molar-refractivity contribution is 6.23. The average molecular weight is 566 g/mol. The van der Waals surface area contributed by atoms with Gasteiger partial charge in [-0.25, -0.2) is 28.8 Å². The van der Waals surface area contributed by atoms with Crippen molar-refractivity contribution >= 4 is 35.8 Å². The van der Waals surface area contributed by atoms with E-state index in [2.05, 4.69) is 0 Å². The molecule has 1 aromatic carbocycles. The first-order valence-corrected chi connectivity index (χ1v) is 12.0. The minimum atomic E-state index is -2.02. The molecule has 16 heteroatoms. The second-order valence-corrected chi connectivity index (χ2v) is 9.08. The van der Waals surface area contributed by atoms with Crippen molar-refractivity contribution in [2.24, 2.45) is 0 Å². The molecule has 40 heavy (non-hydrogen) atoms. The lowest BCUT2D eigenvalue weighted by atomic mass is 9.85. The SMILES string of the molecule is O=C(O)c1c(C(=O)O)c(C(=O)OCC2CO2)c(C(=O)OCC2CO2)c(C(=O)OCC2CO2)c1C(=O)OCC1CO1. The molecule has 5 rings (SSSR count). The number of aromatic carboxylic acids is 2. The first kappa shape index (κ1) is 27.4. The number of carboxylic acids is 2. The zero-order valence-electron chi connectivity index (χ0n) is 20.6. The normalized spacial score (nSPS) is 23.4. The first-order valence-electron chi connectivity index (χ1n) is 12.0. The quantitative estimate of drug-likeness (QED) is 0.161. The third-order valence-electron chi connectivity index (χ3n) is 5.95. The van der Waals surface area contributed by atoms with Crippen molar-refractivity contribution in [3.8, 4) is 0 Å². The van der Waals surface area contributed by atoms with Gasteiger partial charge >= 0.3 is 35.8 Å². The summed E-state index contributed by atoms with van der Waals surface area (Å²) < 4.78 is 40.3. The second kappa shape index (κ2) is 11.2. The molecular weight excluding hydrogens is 544 g/mol. The van der Waals surface area contributed by atoms with Crippen LogP contribution in [0.4, 0.5) is 0 Å². The van der Waals surface area contributed by atoms with E-state index in [4.69, 9.17) is 37.9 Å². The van der Waals surface area contributed by atoms with Crippen LogP contribution in [0.25, 0.3) is 0 Å². The Bertz CT molecular complexity index is 1170. The number of rotatable bonds is 14. The molecule has 0 bridgehead atoms. The fourth-order valence-electron chi connectivity index (χ4n) is 3.61. The van der Waals surface area contributed by atoms with Crippen LogP contribution in [-0.2, 0) is 37.9 Å². The van der Waals surface area contributed by atoms with Crippen LogP contribution in [0.15, 0.2) is 0 Å². The molecule has 1 aromatic rings. The molecule has 4 aliphatic rings. The van der Waals surface area contributed by atoms with E-state index in [-0.39, 0.29) is 52.9 Å². The van der Waals surface area contributed by atoms with Gasteiger partial charge in [0.1, 0.15) is 50.8 Å². The van der Waals surface area contributed by atoms with Gasteiger partial charge in [-0.15, -0.1) is 0 Å². The summed E-state index contributed by atoms with van der Waals surface area (Å²) in [4.78, 5) is 78.1. The van der Waals surface area contributed by atoms with Crippen molar-refractivity contribution in [3.05, 3.63) is 33.4 Å². The van der Waals surface area contributed by atoms with Gasteiger partial charge in [-0.1, -0.05) is 0 Å². The van der Waals surface area contributed by atoms with Gasteiger partial charge in [0.2, 0.25) is 0 Å². The second-order valence-electron chi connectivity index (χ2n) is 9.08. The fraction of sp³-hybridized carbons (Fsp3) is 0.500. The van der Waals surface area contributed by atoms with Gasteiger partial charge in [-0.3, -0.25) is 0 Å². The number of carbonyl (C=O) groups excluding carboxylic acids is 4. The van der Waals surface area contributed by atoms with E-state index in [9.17, 15) is 39.0 Å². The van der Waals surface area contributed by atoms with Crippen LogP contribution in [-0.4, -0.2) is 123 Å². The Labute approximate surface area is 223 Å². The zero-order chi connectivity index (χ0) is 28.6. The van der Waals surface area contributed by atoms with Gasteiger partial charge < -0.3 is 48.1 Å². The molecule has 16 nitrogen and oxygen atoms in total. The maximum absolute atomic E-state index is 13.4. The fourth-order valence-corrected chi connectivity index (χ4v) is 3.61. The molecule has 4 aliphatic heterocycles. The number of esters is 4. The topological polar surface area (TPSA) is 230 Å². The monoisotopic (exact) mass is 566 g/mol. The van der Waals surface area contributed by atoms with Crippen LogP contribution in [0.3, 0.4) is 0 Å². The van der Waals surface area contributed by atoms with Crippen molar-refractivity contribution in [1.29, 1.82) is 0 Å². The molecule has 4 unspecified atom stereocenters. The minimum absolute atomic E-state index is 0.242. The molecule has 4 atom stereocenters. The molecule has 4 saturated heterocycles. The van der Waals surface area contributed by atoms with Gasteiger partial charge in [0.25, 0.3) is 0 Å². The van der Waals surface area contributed by atoms with E-state index in [1.54, 1.807) is 0 Å². The van der Waals surface area contributed by atoms with E-state index >= 15 is 0 Å². The average Bonchev–Trinajstić information content (AvgIpc) is 3.76. The Hall–Kier alpha value is -4.12. The molecule has 2 N–H and O–H groups in total. The summed E-state index contributed by atoms with van der Waals surface area (Å²) in [5.41, 5.74) is -6.91. The largest absolute Gasteiger partial charge is 0.478 e. The summed E-state index contributed by atoms with van der Waals surface area (Å²) in [6, 6.07) is 0. The van der Waals surface area contributed by atoms with E-state index < -0.39 is 93.6 Å². The molecule has 0 radical (unpaired) electrons. The van der Waals surface area contributed by atoms with Gasteiger partial charge in [-0.2, -0.15) is 0 Å². The molecule has 0 aliphatic carbocycles. The highest BCUT2D eigenvalue weighted by Crippen LogP contribution is 2.33. The van der Waals surface area contributed by atoms with Crippen LogP contribution in [0, 0.1) is 0 Å². The third-order valence-corrected chi connectivity index (χ3v) is 5.95. The summed E-state index contributed by atoms with van der Waals surface area (Å²) in [7, 11) is 0. The highest BCUT2D eigenvalue weighted by atomic mass is 16.6. The molecule has 4 heterocycles. The summed E-state index contributed by atoms with van der Waals surface area (Å²) in [5, 5.41) is 20.1. The maximum Gasteiger partial charge on any atom is 0.340 e. The van der Waals surface area contributed by atoms with Crippen LogP contribution in [0.5, 0.6) is 0 Å². The van der Waals surface area contributed by atoms with Gasteiger partial charge in [0.15, 0.2) is 0 Å². The molecule has 0 aromatic heterocycles. The molecule has 4 fully saturated rings. The Morgan fingerprint density at radius 1 is 0.475 bits per heavy atom. The molecule has 0 saturated carbocycles. The van der Waals surface area contributed by atoms with E-state index in [0.717, 1.165) is 0 Å². The summed E-state index contributed by atoms with van der Waals surface area (Å²) in [6.45, 7) is -0.454. The Morgan fingerprint density at radius 2 is 0.675 bits per heavy atom. The van der Waals surface area contributed by atoms with Crippen molar-refractivity contribution in [2.45, 2.75) is 24.4 Å². The Kier molecular flexibility index (Phi) is 7.66. The lowest BCUT2D eigenvalue weighted by Crippen LogP contribution is -2.31. The van der Waals surface area contributed by atoms with Gasteiger partial charge in [0, 0.05) is 0 Å². The van der Waals surface area contributed by atoms with Gasteiger partial charge in [0.05, 0.1) is 59.8 Å². The molecule has 0 amide bonds. The van der Waals surface area contributed by atoms with Crippen molar-refractivity contribution < 1.29 is 76.9 Å².